The predicted octanol–water partition coefficient (Wildman–Crippen LogP) is 3.85. The van der Waals surface area contributed by atoms with Gasteiger partial charge in [0, 0.05) is 6.20 Å². The maximum absolute atomic E-state index is 12.3. The molecule has 0 saturated heterocycles. The molecule has 1 N–H and O–H groups in total. The van der Waals surface area contributed by atoms with Gasteiger partial charge in [-0.2, -0.15) is 0 Å². The van der Waals surface area contributed by atoms with E-state index < -0.39 is 0 Å². The van der Waals surface area contributed by atoms with E-state index in [-0.39, 0.29) is 5.69 Å². The highest BCUT2D eigenvalue weighted by Crippen LogP contribution is 2.21. The molecule has 1 aromatic heterocycles. The summed E-state index contributed by atoms with van der Waals surface area (Å²) in [6.07, 6.45) is 1.84. The molecule has 23 heavy (non-hydrogen) atoms. The van der Waals surface area contributed by atoms with Crippen LogP contribution >= 0.6 is 0 Å². The highest BCUT2D eigenvalue weighted by molar-refractivity contribution is 5.60. The lowest BCUT2D eigenvalue weighted by Gasteiger charge is -2.05. The van der Waals surface area contributed by atoms with Gasteiger partial charge < -0.3 is 9.72 Å². The van der Waals surface area contributed by atoms with Crippen molar-refractivity contribution in [1.29, 1.82) is 0 Å². The van der Waals surface area contributed by atoms with E-state index in [4.69, 9.17) is 4.74 Å². The molecule has 3 rings (SSSR count). The zero-order valence-electron chi connectivity index (χ0n) is 13.6. The lowest BCUT2D eigenvalue weighted by atomic mass is 10.1. The van der Waals surface area contributed by atoms with Crippen molar-refractivity contribution in [2.24, 2.45) is 0 Å². The number of aromatic amines is 1. The van der Waals surface area contributed by atoms with Crippen LogP contribution in [0.5, 0.6) is 5.75 Å². The summed E-state index contributed by atoms with van der Waals surface area (Å²) in [4.78, 5) is 15.2. The summed E-state index contributed by atoms with van der Waals surface area (Å²) in [6.45, 7) is 6.65. The minimum Gasteiger partial charge on any atom is -0.494 e. The second kappa shape index (κ2) is 6.16. The fraction of sp³-hybridized carbons (Fsp3) is 0.211. The molecule has 1 heterocycles. The molecule has 0 radical (unpaired) electrons. The number of H-pyrrole nitrogens is 1. The Balaban J connectivity index is 1.99. The van der Waals surface area contributed by atoms with Crippen molar-refractivity contribution in [3.63, 3.8) is 0 Å². The van der Waals surface area contributed by atoms with Crippen LogP contribution in [0.15, 0.2) is 53.5 Å². The van der Waals surface area contributed by atoms with E-state index in [0.717, 1.165) is 33.8 Å². The number of imidazole rings is 1. The van der Waals surface area contributed by atoms with E-state index in [0.29, 0.717) is 6.61 Å². The monoisotopic (exact) mass is 308 g/mol. The first-order chi connectivity index (χ1) is 11.1. The van der Waals surface area contributed by atoms with E-state index in [2.05, 4.69) is 11.1 Å². The molecule has 0 fully saturated rings. The highest BCUT2D eigenvalue weighted by Gasteiger charge is 2.08. The molecule has 0 amide bonds. The number of aromatic nitrogens is 2. The van der Waals surface area contributed by atoms with Crippen LogP contribution in [0.25, 0.3) is 16.9 Å². The van der Waals surface area contributed by atoms with Crippen molar-refractivity contribution in [2.75, 3.05) is 6.61 Å². The molecule has 0 aliphatic carbocycles. The Bertz CT molecular complexity index is 853. The molecular weight excluding hydrogens is 288 g/mol. The van der Waals surface area contributed by atoms with Gasteiger partial charge in [0.25, 0.3) is 0 Å². The average Bonchev–Trinajstić information content (AvgIpc) is 2.89. The summed E-state index contributed by atoms with van der Waals surface area (Å²) in [7, 11) is 0. The lowest BCUT2D eigenvalue weighted by molar-refractivity contribution is 0.340. The van der Waals surface area contributed by atoms with E-state index in [1.165, 1.54) is 0 Å². The molecule has 0 aliphatic heterocycles. The normalized spacial score (nSPS) is 10.7. The Kier molecular flexibility index (Phi) is 4.06. The van der Waals surface area contributed by atoms with Gasteiger partial charge in [0.1, 0.15) is 5.75 Å². The van der Waals surface area contributed by atoms with Crippen LogP contribution in [0.2, 0.25) is 0 Å². The zero-order chi connectivity index (χ0) is 16.4. The number of benzene rings is 2. The molecule has 118 valence electrons. The fourth-order valence-electron chi connectivity index (χ4n) is 2.72. The van der Waals surface area contributed by atoms with Gasteiger partial charge >= 0.3 is 5.69 Å². The average molecular weight is 308 g/mol. The molecule has 2 aromatic carbocycles. The molecule has 4 heteroatoms. The van der Waals surface area contributed by atoms with E-state index in [1.807, 2.05) is 63.4 Å². The quantitative estimate of drug-likeness (QED) is 0.796. The van der Waals surface area contributed by atoms with Gasteiger partial charge in [-0.15, -0.1) is 0 Å². The number of aryl methyl sites for hydroxylation is 2. The summed E-state index contributed by atoms with van der Waals surface area (Å²) in [5.74, 6) is 0.826. The number of ether oxygens (including phenoxy) is 1. The zero-order valence-corrected chi connectivity index (χ0v) is 13.6. The van der Waals surface area contributed by atoms with Crippen molar-refractivity contribution < 1.29 is 4.74 Å². The summed E-state index contributed by atoms with van der Waals surface area (Å²) < 4.78 is 7.09. The Morgan fingerprint density at radius 1 is 1.04 bits per heavy atom. The fourth-order valence-corrected chi connectivity index (χ4v) is 2.72. The van der Waals surface area contributed by atoms with Crippen molar-refractivity contribution in [1.82, 2.24) is 9.55 Å². The summed E-state index contributed by atoms with van der Waals surface area (Å²) >= 11 is 0. The van der Waals surface area contributed by atoms with Crippen LogP contribution in [-0.2, 0) is 0 Å². The minimum absolute atomic E-state index is 0.140. The van der Waals surface area contributed by atoms with Gasteiger partial charge in [0.2, 0.25) is 0 Å². The Hall–Kier alpha value is -2.75. The molecule has 3 aromatic rings. The molecule has 0 spiro atoms. The number of hydrogen-bond acceptors (Lipinski definition) is 2. The van der Waals surface area contributed by atoms with Crippen molar-refractivity contribution in [3.05, 3.63) is 70.3 Å². The molecule has 0 unspecified atom stereocenters. The van der Waals surface area contributed by atoms with Crippen LogP contribution in [0.1, 0.15) is 18.1 Å². The predicted molar refractivity (Wildman–Crippen MR) is 92.5 cm³/mol. The molecule has 4 nitrogen and oxygen atoms in total. The number of rotatable bonds is 4. The second-order valence-electron chi connectivity index (χ2n) is 5.65. The van der Waals surface area contributed by atoms with Crippen LogP contribution in [0.3, 0.4) is 0 Å². The highest BCUT2D eigenvalue weighted by atomic mass is 16.5. The third-order valence-corrected chi connectivity index (χ3v) is 3.68. The van der Waals surface area contributed by atoms with E-state index in [9.17, 15) is 4.79 Å². The molecule has 0 aliphatic rings. The van der Waals surface area contributed by atoms with E-state index in [1.54, 1.807) is 4.57 Å². The standard InChI is InChI=1S/C19H20N2O2/c1-4-23-17-7-5-15(6-8-17)18-12-21(19(22)20-18)16-10-13(2)9-14(3)11-16/h5-12H,4H2,1-3H3,(H,20,22). The minimum atomic E-state index is -0.140. The summed E-state index contributed by atoms with van der Waals surface area (Å²) in [5, 5.41) is 0. The third kappa shape index (κ3) is 3.21. The molecular formula is C19H20N2O2. The number of nitrogens with one attached hydrogen (secondary N) is 1. The van der Waals surface area contributed by atoms with Gasteiger partial charge in [0.05, 0.1) is 18.0 Å². The first-order valence-electron chi connectivity index (χ1n) is 7.70. The van der Waals surface area contributed by atoms with Gasteiger partial charge in [-0.1, -0.05) is 6.07 Å². The maximum atomic E-state index is 12.3. The Morgan fingerprint density at radius 3 is 2.30 bits per heavy atom. The second-order valence-corrected chi connectivity index (χ2v) is 5.65. The SMILES string of the molecule is CCOc1ccc(-c2cn(-c3cc(C)cc(C)c3)c(=O)[nH]2)cc1. The smallest absolute Gasteiger partial charge is 0.330 e. The Labute approximate surface area is 135 Å². The van der Waals surface area contributed by atoms with Crippen LogP contribution in [0.4, 0.5) is 0 Å². The molecule has 0 atom stereocenters. The van der Waals surface area contributed by atoms with Gasteiger partial charge in [-0.3, -0.25) is 4.57 Å². The van der Waals surface area contributed by atoms with Gasteiger partial charge in [-0.05, 0) is 73.9 Å². The maximum Gasteiger partial charge on any atom is 0.330 e. The number of nitrogens with zero attached hydrogens (tertiary/aromatic N) is 1. The summed E-state index contributed by atoms with van der Waals surface area (Å²) in [5.41, 5.74) is 4.75. The van der Waals surface area contributed by atoms with Crippen molar-refractivity contribution >= 4 is 0 Å². The van der Waals surface area contributed by atoms with E-state index >= 15 is 0 Å². The Morgan fingerprint density at radius 2 is 1.70 bits per heavy atom. The van der Waals surface area contributed by atoms with Crippen LogP contribution in [-0.4, -0.2) is 16.2 Å². The molecule has 0 saturated carbocycles. The molecule has 0 bridgehead atoms. The largest absolute Gasteiger partial charge is 0.494 e. The number of hydrogen-bond donors (Lipinski definition) is 1. The lowest BCUT2D eigenvalue weighted by Crippen LogP contribution is -2.14. The van der Waals surface area contributed by atoms with Gasteiger partial charge in [0.15, 0.2) is 0 Å². The van der Waals surface area contributed by atoms with Gasteiger partial charge in [-0.25, -0.2) is 4.79 Å². The topological polar surface area (TPSA) is 47.0 Å². The first-order valence-corrected chi connectivity index (χ1v) is 7.70. The van der Waals surface area contributed by atoms with Crippen molar-refractivity contribution in [2.45, 2.75) is 20.8 Å². The third-order valence-electron chi connectivity index (χ3n) is 3.68. The van der Waals surface area contributed by atoms with Crippen LogP contribution in [0, 0.1) is 13.8 Å². The van der Waals surface area contributed by atoms with Crippen molar-refractivity contribution in [3.8, 4) is 22.7 Å². The summed E-state index contributed by atoms with van der Waals surface area (Å²) in [6, 6.07) is 13.8. The van der Waals surface area contributed by atoms with Crippen LogP contribution < -0.4 is 10.4 Å². The first kappa shape index (κ1) is 15.2.